The molecule has 24 heavy (non-hydrogen) atoms. The Labute approximate surface area is 144 Å². The zero-order chi connectivity index (χ0) is 17.3. The lowest BCUT2D eigenvalue weighted by Gasteiger charge is -2.18. The molecule has 1 heterocycles. The molecule has 1 unspecified atom stereocenters. The van der Waals surface area contributed by atoms with E-state index in [1.165, 1.54) is 0 Å². The molecule has 0 fully saturated rings. The molecule has 5 nitrogen and oxygen atoms in total. The van der Waals surface area contributed by atoms with Gasteiger partial charge < -0.3 is 5.32 Å². The minimum absolute atomic E-state index is 0.140. The Bertz CT molecular complexity index is 938. The monoisotopic (exact) mass is 341 g/mol. The number of hydrogen-bond donors (Lipinski definition) is 1. The molecule has 0 radical (unpaired) electrons. The first-order chi connectivity index (χ1) is 11.5. The van der Waals surface area contributed by atoms with Crippen molar-refractivity contribution in [1.29, 1.82) is 0 Å². The predicted octanol–water partition coefficient (Wildman–Crippen LogP) is 2.46. The molecule has 1 aliphatic heterocycles. The maximum atomic E-state index is 12.4. The highest BCUT2D eigenvalue weighted by atomic mass is 35.5. The third-order valence-electron chi connectivity index (χ3n) is 3.70. The number of hydrogen-bond acceptors (Lipinski definition) is 3. The van der Waals surface area contributed by atoms with Crippen LogP contribution in [0.25, 0.3) is 0 Å². The van der Waals surface area contributed by atoms with Crippen molar-refractivity contribution in [3.8, 4) is 0 Å². The molecule has 0 bridgehead atoms. The second kappa shape index (κ2) is 6.53. The minimum atomic E-state index is -0.818. The van der Waals surface area contributed by atoms with E-state index in [1.54, 1.807) is 50.2 Å². The second-order valence-electron chi connectivity index (χ2n) is 5.85. The summed E-state index contributed by atoms with van der Waals surface area (Å²) in [6.45, 7) is 3.60. The van der Waals surface area contributed by atoms with E-state index in [0.29, 0.717) is 27.0 Å². The Morgan fingerprint density at radius 2 is 1.88 bits per heavy atom. The van der Waals surface area contributed by atoms with Crippen molar-refractivity contribution >= 4 is 29.1 Å². The molecule has 0 aromatic heterocycles. The molecule has 0 saturated carbocycles. The third-order valence-corrected chi connectivity index (χ3v) is 3.94. The summed E-state index contributed by atoms with van der Waals surface area (Å²) in [4.78, 5) is 33.1. The van der Waals surface area contributed by atoms with Crippen molar-refractivity contribution in [3.05, 3.63) is 63.8 Å². The summed E-state index contributed by atoms with van der Waals surface area (Å²) < 4.78 is 0. The molecule has 0 spiro atoms. The molecular weight excluding hydrogens is 326 g/mol. The first-order valence-electron chi connectivity index (χ1n) is 7.61. The number of nitrogens with one attached hydrogen (secondary N) is 1. The Balaban J connectivity index is 2.09. The number of carbonyl (C=O) groups excluding carboxylic acids is 2. The highest BCUT2D eigenvalue weighted by Crippen LogP contribution is 2.30. The number of halogens is 1. The van der Waals surface area contributed by atoms with Crippen LogP contribution in [0.15, 0.2) is 52.4 Å². The standard InChI is InChI=1S/C18H16ClN3O2/c1-10(2)17(23)21-13-8-7-11(19)9-12(13)16-18(24)22-15-6-4-3-5-14(15)20-16/h3-10,16H,1-2H3,(H,21,23). The van der Waals surface area contributed by atoms with Crippen LogP contribution >= 0.6 is 11.6 Å². The van der Waals surface area contributed by atoms with Crippen LogP contribution in [-0.2, 0) is 9.59 Å². The van der Waals surface area contributed by atoms with Gasteiger partial charge in [0, 0.05) is 22.2 Å². The fourth-order valence-electron chi connectivity index (χ4n) is 2.40. The Morgan fingerprint density at radius 1 is 1.17 bits per heavy atom. The summed E-state index contributed by atoms with van der Waals surface area (Å²) in [6, 6.07) is 11.4. The van der Waals surface area contributed by atoms with Crippen molar-refractivity contribution < 1.29 is 9.59 Å². The van der Waals surface area contributed by atoms with Gasteiger partial charge >= 0.3 is 0 Å². The molecule has 3 rings (SSSR count). The van der Waals surface area contributed by atoms with Crippen LogP contribution in [-0.4, -0.2) is 11.8 Å². The average Bonchev–Trinajstić information content (AvgIpc) is 2.55. The number of para-hydroxylation sites is 2. The number of rotatable bonds is 3. The fourth-order valence-corrected chi connectivity index (χ4v) is 2.58. The first kappa shape index (κ1) is 16.3. The average molecular weight is 342 g/mol. The molecule has 0 saturated heterocycles. The van der Waals surface area contributed by atoms with Crippen LogP contribution in [0.1, 0.15) is 25.5 Å². The zero-order valence-corrected chi connectivity index (χ0v) is 14.0. The highest BCUT2D eigenvalue weighted by molar-refractivity contribution is 6.30. The molecular formula is C18H16ClN3O2. The van der Waals surface area contributed by atoms with Crippen molar-refractivity contribution in [1.82, 2.24) is 0 Å². The number of benzene rings is 2. The van der Waals surface area contributed by atoms with E-state index in [-0.39, 0.29) is 17.7 Å². The van der Waals surface area contributed by atoms with Gasteiger partial charge in [-0.2, -0.15) is 0 Å². The van der Waals surface area contributed by atoms with Gasteiger partial charge in [-0.1, -0.05) is 37.6 Å². The van der Waals surface area contributed by atoms with Gasteiger partial charge in [-0.05, 0) is 30.3 Å². The molecule has 2 aromatic rings. The molecule has 122 valence electrons. The predicted molar refractivity (Wildman–Crippen MR) is 91.4 cm³/mol. The largest absolute Gasteiger partial charge is 0.326 e. The molecule has 1 aliphatic rings. The van der Waals surface area contributed by atoms with E-state index in [1.807, 2.05) is 6.07 Å². The molecule has 2 aromatic carbocycles. The summed E-state index contributed by atoms with van der Waals surface area (Å²) in [5.74, 6) is -0.701. The maximum absolute atomic E-state index is 12.4. The topological polar surface area (TPSA) is 70.9 Å². The van der Waals surface area contributed by atoms with Gasteiger partial charge in [0.15, 0.2) is 6.04 Å². The lowest BCUT2D eigenvalue weighted by Crippen LogP contribution is -2.33. The molecule has 6 heteroatoms. The van der Waals surface area contributed by atoms with E-state index < -0.39 is 6.04 Å². The second-order valence-corrected chi connectivity index (χ2v) is 6.28. The Morgan fingerprint density at radius 3 is 2.58 bits per heavy atom. The maximum Gasteiger partial charge on any atom is 0.275 e. The van der Waals surface area contributed by atoms with Crippen LogP contribution in [0.2, 0.25) is 5.02 Å². The number of amides is 2. The highest BCUT2D eigenvalue weighted by Gasteiger charge is 2.25. The van der Waals surface area contributed by atoms with E-state index in [9.17, 15) is 9.59 Å². The van der Waals surface area contributed by atoms with Gasteiger partial charge in [0.2, 0.25) is 5.91 Å². The van der Waals surface area contributed by atoms with Crippen LogP contribution in [0, 0.1) is 5.92 Å². The third kappa shape index (κ3) is 3.21. The Hall–Kier alpha value is -2.53. The van der Waals surface area contributed by atoms with E-state index in [0.717, 1.165) is 0 Å². The summed E-state index contributed by atoms with van der Waals surface area (Å²) in [6.07, 6.45) is 0. The lowest BCUT2D eigenvalue weighted by molar-refractivity contribution is -0.120. The van der Waals surface area contributed by atoms with E-state index in [4.69, 9.17) is 11.6 Å². The van der Waals surface area contributed by atoms with Crippen molar-refractivity contribution in [3.63, 3.8) is 0 Å². The molecule has 1 atom stereocenters. The number of nitrogens with zero attached hydrogens (tertiary/aromatic N) is 2. The van der Waals surface area contributed by atoms with Gasteiger partial charge in [-0.25, -0.2) is 4.99 Å². The van der Waals surface area contributed by atoms with Crippen LogP contribution in [0.4, 0.5) is 5.69 Å². The summed E-state index contributed by atoms with van der Waals surface area (Å²) in [5.41, 5.74) is 1.06. The van der Waals surface area contributed by atoms with E-state index >= 15 is 0 Å². The molecule has 1 N–H and O–H groups in total. The lowest BCUT2D eigenvalue weighted by atomic mass is 10.0. The van der Waals surface area contributed by atoms with Crippen molar-refractivity contribution in [2.75, 3.05) is 5.32 Å². The van der Waals surface area contributed by atoms with Crippen molar-refractivity contribution in [2.45, 2.75) is 19.9 Å². The van der Waals surface area contributed by atoms with Gasteiger partial charge in [0.05, 0.1) is 10.7 Å². The van der Waals surface area contributed by atoms with Crippen molar-refractivity contribution in [2.24, 2.45) is 15.9 Å². The van der Waals surface area contributed by atoms with Crippen LogP contribution in [0.5, 0.6) is 0 Å². The summed E-state index contributed by atoms with van der Waals surface area (Å²) in [5, 5.41) is 4.49. The van der Waals surface area contributed by atoms with Gasteiger partial charge in [0.25, 0.3) is 5.91 Å². The minimum Gasteiger partial charge on any atom is -0.326 e. The van der Waals surface area contributed by atoms with Crippen LogP contribution in [0.3, 0.4) is 0 Å². The van der Waals surface area contributed by atoms with Gasteiger partial charge in [-0.3, -0.25) is 14.6 Å². The van der Waals surface area contributed by atoms with Gasteiger partial charge in [-0.15, -0.1) is 0 Å². The number of fused-ring (bicyclic) bond motifs is 1. The summed E-state index contributed by atoms with van der Waals surface area (Å²) >= 11 is 6.09. The molecule has 2 amide bonds. The number of anilines is 1. The summed E-state index contributed by atoms with van der Waals surface area (Å²) in [7, 11) is 0. The number of carbonyl (C=O) groups is 2. The van der Waals surface area contributed by atoms with Crippen LogP contribution < -0.4 is 16.0 Å². The quantitative estimate of drug-likeness (QED) is 0.931. The zero-order valence-electron chi connectivity index (χ0n) is 13.3. The smallest absolute Gasteiger partial charge is 0.275 e. The van der Waals surface area contributed by atoms with Gasteiger partial charge in [0.1, 0.15) is 0 Å². The molecule has 0 aliphatic carbocycles. The first-order valence-corrected chi connectivity index (χ1v) is 7.99. The fraction of sp³-hybridized carbons (Fsp3) is 0.222. The van der Waals surface area contributed by atoms with E-state index in [2.05, 4.69) is 15.3 Å². The normalized spacial score (nSPS) is 16.2. The SMILES string of the molecule is CC(C)C(=O)Nc1ccc(Cl)cc1C1N=c2ccccc2=NC1=O. The Kier molecular flexibility index (Phi) is 4.44.